The van der Waals surface area contributed by atoms with Gasteiger partial charge in [-0.05, 0) is 89.0 Å². The minimum atomic E-state index is -2.78. The van der Waals surface area contributed by atoms with Crippen LogP contribution in [0.15, 0.2) is 5.16 Å². The molecule has 4 aliphatic heterocycles. The number of nitrogens with zero attached hydrogens (tertiary/aromatic N) is 1. The Morgan fingerprint density at radius 3 is 1.21 bits per heavy atom. The van der Waals surface area contributed by atoms with Crippen molar-refractivity contribution in [2.45, 2.75) is 161 Å². The fourth-order valence-corrected chi connectivity index (χ4v) is 9.51. The number of oxime groups is 1. The smallest absolute Gasteiger partial charge is 0.386 e. The molecule has 1 amide bonds. The zero-order valence-electron chi connectivity index (χ0n) is 42.2. The van der Waals surface area contributed by atoms with Gasteiger partial charge in [-0.1, -0.05) is 5.16 Å². The number of ether oxygens (including phenoxy) is 14. The van der Waals surface area contributed by atoms with E-state index in [0.29, 0.717) is 91.6 Å². The number of rotatable bonds is 32. The molecule has 0 bridgehead atoms. The van der Waals surface area contributed by atoms with E-state index in [-0.39, 0.29) is 70.7 Å². The van der Waals surface area contributed by atoms with Crippen LogP contribution in [0.3, 0.4) is 0 Å². The standard InChI is InChI=1S/C45H84N2O19Si/c1-12-64-67(65-13-2,66-14-3)18-16-15-17-46-63-33-41(48)47-34(19-49-35(21-51-37-25-55-42(4,5)56-26-37)22-52-38-27-57-43(6,7)58-28-38)20-50-36(23-53-39-29-59-44(8,9)60-30-39)24-54-40-31-61-45(10,11)62-32-40/h17,34-40H,12-16,18-33H2,1-11H3,(H,47,48). The number of carbonyl (C=O) groups is 1. The molecule has 4 fully saturated rings. The Bertz CT molecular complexity index is 1220. The Labute approximate surface area is 399 Å². The fourth-order valence-electron chi connectivity index (χ4n) is 6.87. The van der Waals surface area contributed by atoms with E-state index in [1.807, 2.05) is 76.2 Å². The van der Waals surface area contributed by atoms with Crippen molar-refractivity contribution in [3.63, 3.8) is 0 Å². The van der Waals surface area contributed by atoms with Gasteiger partial charge in [-0.2, -0.15) is 0 Å². The highest BCUT2D eigenvalue weighted by atomic mass is 28.4. The molecule has 0 aromatic rings. The molecule has 4 heterocycles. The highest BCUT2D eigenvalue weighted by Gasteiger charge is 2.40. The predicted molar refractivity (Wildman–Crippen MR) is 243 cm³/mol. The summed E-state index contributed by atoms with van der Waals surface area (Å²) in [5.74, 6) is -3.22. The first kappa shape index (κ1) is 58.1. The summed E-state index contributed by atoms with van der Waals surface area (Å²) in [6.45, 7) is 25.2. The van der Waals surface area contributed by atoms with Crippen LogP contribution in [0.1, 0.15) is 89.0 Å². The lowest BCUT2D eigenvalue weighted by Crippen LogP contribution is -2.48. The van der Waals surface area contributed by atoms with Gasteiger partial charge in [-0.15, -0.1) is 0 Å². The highest BCUT2D eigenvalue weighted by Crippen LogP contribution is 2.23. The molecule has 0 aromatic heterocycles. The van der Waals surface area contributed by atoms with Crippen molar-refractivity contribution >= 4 is 20.9 Å². The summed E-state index contributed by atoms with van der Waals surface area (Å²) in [4.78, 5) is 18.9. The van der Waals surface area contributed by atoms with Gasteiger partial charge in [0.15, 0.2) is 29.8 Å². The minimum absolute atomic E-state index is 0.0140. The van der Waals surface area contributed by atoms with Gasteiger partial charge >= 0.3 is 8.80 Å². The average molecular weight is 985 g/mol. The first-order chi connectivity index (χ1) is 31.8. The maximum Gasteiger partial charge on any atom is 0.500 e. The fraction of sp³-hybridized carbons (Fsp3) is 0.956. The summed E-state index contributed by atoms with van der Waals surface area (Å²) >= 11 is 0. The van der Waals surface area contributed by atoms with Crippen LogP contribution in [0.5, 0.6) is 0 Å². The Hall–Kier alpha value is -1.52. The van der Waals surface area contributed by atoms with Gasteiger partial charge in [-0.25, -0.2) is 0 Å². The highest BCUT2D eigenvalue weighted by molar-refractivity contribution is 6.60. The van der Waals surface area contributed by atoms with Gasteiger partial charge in [0.05, 0.1) is 98.5 Å². The maximum atomic E-state index is 13.4. The second-order valence-electron chi connectivity index (χ2n) is 18.5. The van der Waals surface area contributed by atoms with Crippen LogP contribution in [0.4, 0.5) is 0 Å². The summed E-state index contributed by atoms with van der Waals surface area (Å²) in [6.07, 6.45) is 0.473. The Morgan fingerprint density at radius 2 is 0.896 bits per heavy atom. The van der Waals surface area contributed by atoms with Gasteiger partial charge in [0.25, 0.3) is 5.91 Å². The molecule has 0 spiro atoms. The van der Waals surface area contributed by atoms with Crippen LogP contribution in [0, 0.1) is 0 Å². The van der Waals surface area contributed by atoms with Crippen LogP contribution in [0.25, 0.3) is 0 Å². The molecule has 0 saturated carbocycles. The van der Waals surface area contributed by atoms with Crippen molar-refractivity contribution in [2.75, 3.05) is 119 Å². The molecular formula is C45H84N2O19Si. The quantitative estimate of drug-likeness (QED) is 0.0441. The number of unbranched alkanes of at least 4 members (excludes halogenated alkanes) is 1. The maximum absolute atomic E-state index is 13.4. The van der Waals surface area contributed by atoms with Gasteiger partial charge in [-0.3, -0.25) is 4.79 Å². The lowest BCUT2D eigenvalue weighted by Gasteiger charge is -2.36. The van der Waals surface area contributed by atoms with Crippen LogP contribution in [0.2, 0.25) is 6.04 Å². The molecule has 4 rings (SSSR count). The van der Waals surface area contributed by atoms with Crippen LogP contribution in [-0.4, -0.2) is 206 Å². The predicted octanol–water partition coefficient (Wildman–Crippen LogP) is 3.75. The molecule has 21 nitrogen and oxygen atoms in total. The van der Waals surface area contributed by atoms with Gasteiger partial charge in [0, 0.05) is 32.1 Å². The molecule has 0 atom stereocenters. The number of amides is 1. The van der Waals surface area contributed by atoms with E-state index >= 15 is 0 Å². The van der Waals surface area contributed by atoms with Crippen molar-refractivity contribution < 1.29 is 89.2 Å². The summed E-state index contributed by atoms with van der Waals surface area (Å²) in [7, 11) is -2.78. The third kappa shape index (κ3) is 23.5. The number of hydrogen-bond acceptors (Lipinski definition) is 20. The van der Waals surface area contributed by atoms with E-state index in [1.54, 1.807) is 6.21 Å². The van der Waals surface area contributed by atoms with E-state index in [1.165, 1.54) is 0 Å². The Morgan fingerprint density at radius 1 is 0.567 bits per heavy atom. The molecular weight excluding hydrogens is 901 g/mol. The van der Waals surface area contributed by atoms with Gasteiger partial charge in [0.1, 0.15) is 36.6 Å². The van der Waals surface area contributed by atoms with Gasteiger partial charge < -0.3 is 89.7 Å². The molecule has 0 aromatic carbocycles. The molecule has 4 aliphatic rings. The zero-order valence-corrected chi connectivity index (χ0v) is 43.2. The second kappa shape index (κ2) is 29.1. The molecule has 392 valence electrons. The van der Waals surface area contributed by atoms with E-state index in [0.717, 1.165) is 0 Å². The van der Waals surface area contributed by atoms with E-state index in [4.69, 9.17) is 84.4 Å². The van der Waals surface area contributed by atoms with Crippen LogP contribution in [-0.2, 0) is 89.2 Å². The molecule has 0 radical (unpaired) electrons. The van der Waals surface area contributed by atoms with Crippen molar-refractivity contribution in [3.05, 3.63) is 0 Å². The lowest BCUT2D eigenvalue weighted by atomic mass is 10.2. The molecule has 0 aliphatic carbocycles. The second-order valence-corrected chi connectivity index (χ2v) is 21.3. The first-order valence-corrected chi connectivity index (χ1v) is 25.9. The van der Waals surface area contributed by atoms with E-state index in [2.05, 4.69) is 10.5 Å². The topological polar surface area (TPSA) is 208 Å². The summed E-state index contributed by atoms with van der Waals surface area (Å²) in [6, 6.07) is -0.0423. The number of hydrogen-bond donors (Lipinski definition) is 1. The monoisotopic (exact) mass is 985 g/mol. The lowest BCUT2D eigenvalue weighted by molar-refractivity contribution is -0.287. The molecule has 0 unspecified atom stereocenters. The normalized spacial score (nSPS) is 22.1. The van der Waals surface area contributed by atoms with Gasteiger partial charge in [0.2, 0.25) is 0 Å². The van der Waals surface area contributed by atoms with Crippen molar-refractivity contribution in [1.82, 2.24) is 5.32 Å². The van der Waals surface area contributed by atoms with E-state index in [9.17, 15) is 4.79 Å². The van der Waals surface area contributed by atoms with Crippen LogP contribution < -0.4 is 5.32 Å². The minimum Gasteiger partial charge on any atom is -0.386 e. The van der Waals surface area contributed by atoms with Crippen molar-refractivity contribution in [2.24, 2.45) is 5.16 Å². The molecule has 67 heavy (non-hydrogen) atoms. The summed E-state index contributed by atoms with van der Waals surface area (Å²) in [5, 5.41) is 7.03. The third-order valence-electron chi connectivity index (χ3n) is 10.7. The van der Waals surface area contributed by atoms with E-state index < -0.39 is 56.1 Å². The summed E-state index contributed by atoms with van der Waals surface area (Å²) < 4.78 is 102. The number of carbonyl (C=O) groups excluding carboxylic acids is 1. The molecule has 1 N–H and O–H groups in total. The first-order valence-electron chi connectivity index (χ1n) is 24.0. The summed E-state index contributed by atoms with van der Waals surface area (Å²) in [5.41, 5.74) is 0. The Kier molecular flexibility index (Phi) is 25.2. The zero-order chi connectivity index (χ0) is 48.8. The van der Waals surface area contributed by atoms with Crippen LogP contribution >= 0.6 is 0 Å². The number of nitrogens with one attached hydrogen (secondary N) is 1. The Balaban J connectivity index is 1.41. The SMILES string of the molecule is CCO[Si](CCCC=NOCC(=O)NC(COC(COC1COC(C)(C)OC1)COC1COC(C)(C)OC1)COC(COC1COC(C)(C)OC1)COC1COC(C)(C)OC1)(OCC)OCC. The average Bonchev–Trinajstić information content (AvgIpc) is 3.27. The van der Waals surface area contributed by atoms with Crippen molar-refractivity contribution in [1.29, 1.82) is 0 Å². The van der Waals surface area contributed by atoms with Crippen molar-refractivity contribution in [3.8, 4) is 0 Å². The third-order valence-corrected chi connectivity index (χ3v) is 13.8. The molecule has 4 saturated heterocycles. The largest absolute Gasteiger partial charge is 0.500 e. The molecule has 22 heteroatoms.